The van der Waals surface area contributed by atoms with E-state index in [1.807, 2.05) is 19.1 Å². The number of primary amides is 1. The molecule has 20 heavy (non-hydrogen) atoms. The van der Waals surface area contributed by atoms with Crippen molar-refractivity contribution in [2.24, 2.45) is 5.73 Å². The predicted octanol–water partition coefficient (Wildman–Crippen LogP) is 1.61. The summed E-state index contributed by atoms with van der Waals surface area (Å²) in [5.74, 6) is -0.541. The molecule has 0 aliphatic carbocycles. The van der Waals surface area contributed by atoms with Crippen LogP contribution >= 0.6 is 0 Å². The maximum atomic E-state index is 11.4. The highest BCUT2D eigenvalue weighted by Crippen LogP contribution is 2.35. The highest BCUT2D eigenvalue weighted by Gasteiger charge is 2.16. The summed E-state index contributed by atoms with van der Waals surface area (Å²) in [5.41, 5.74) is 15.5. The number of carbonyl (C=O) groups is 1. The van der Waals surface area contributed by atoms with Crippen molar-refractivity contribution in [1.29, 1.82) is 0 Å². The van der Waals surface area contributed by atoms with Gasteiger partial charge >= 0.3 is 0 Å². The van der Waals surface area contributed by atoms with Crippen LogP contribution in [0.5, 0.6) is 0 Å². The zero-order chi connectivity index (χ0) is 14.3. The number of anilines is 1. The average Bonchev–Trinajstić information content (AvgIpc) is 2.87. The maximum absolute atomic E-state index is 11.4. The standard InChI is InChI=1S/C14H13N5O/c1-7-2-3-9(13(16)20)12(15)11(7)8-4-5-17-14-10(8)6-18-19-14/h2-6H,15H2,1H3,(H2,16,20)(H,17,18,19). The highest BCUT2D eigenvalue weighted by molar-refractivity contribution is 6.05. The first kappa shape index (κ1) is 12.2. The Kier molecular flexibility index (Phi) is 2.64. The molecule has 3 rings (SSSR count). The number of hydrogen-bond acceptors (Lipinski definition) is 4. The third-order valence-corrected chi connectivity index (χ3v) is 3.34. The van der Waals surface area contributed by atoms with Gasteiger partial charge in [-0.05, 0) is 30.2 Å². The number of aromatic amines is 1. The van der Waals surface area contributed by atoms with Crippen molar-refractivity contribution in [3.05, 3.63) is 41.7 Å². The van der Waals surface area contributed by atoms with Crippen LogP contribution in [-0.2, 0) is 0 Å². The van der Waals surface area contributed by atoms with Crippen LogP contribution in [0.3, 0.4) is 0 Å². The lowest BCUT2D eigenvalue weighted by atomic mass is 9.94. The lowest BCUT2D eigenvalue weighted by Crippen LogP contribution is -2.14. The van der Waals surface area contributed by atoms with Crippen LogP contribution in [0, 0.1) is 6.92 Å². The SMILES string of the molecule is Cc1ccc(C(N)=O)c(N)c1-c1ccnc2[nH]ncc12. The van der Waals surface area contributed by atoms with Gasteiger partial charge in [0, 0.05) is 17.1 Å². The monoisotopic (exact) mass is 267 g/mol. The second-order valence-corrected chi connectivity index (χ2v) is 4.57. The number of carbonyl (C=O) groups excluding carboxylic acids is 1. The summed E-state index contributed by atoms with van der Waals surface area (Å²) >= 11 is 0. The van der Waals surface area contributed by atoms with Gasteiger partial charge in [0.15, 0.2) is 5.65 Å². The molecule has 3 aromatic rings. The van der Waals surface area contributed by atoms with E-state index >= 15 is 0 Å². The van der Waals surface area contributed by atoms with Crippen LogP contribution in [0.15, 0.2) is 30.6 Å². The molecule has 0 aliphatic rings. The molecule has 0 aliphatic heterocycles. The number of aryl methyl sites for hydroxylation is 1. The van der Waals surface area contributed by atoms with Gasteiger partial charge in [-0.2, -0.15) is 5.10 Å². The fourth-order valence-corrected chi connectivity index (χ4v) is 2.37. The van der Waals surface area contributed by atoms with Crippen molar-refractivity contribution in [3.63, 3.8) is 0 Å². The number of H-pyrrole nitrogens is 1. The smallest absolute Gasteiger partial charge is 0.250 e. The summed E-state index contributed by atoms with van der Waals surface area (Å²) in [6.07, 6.45) is 3.36. The Bertz CT molecular complexity index is 822. The van der Waals surface area contributed by atoms with Gasteiger partial charge in [0.25, 0.3) is 5.91 Å². The molecule has 0 unspecified atom stereocenters. The van der Waals surface area contributed by atoms with Gasteiger partial charge in [0.05, 0.1) is 17.4 Å². The molecule has 1 amide bonds. The van der Waals surface area contributed by atoms with Crippen molar-refractivity contribution in [3.8, 4) is 11.1 Å². The minimum Gasteiger partial charge on any atom is -0.398 e. The Labute approximate surface area is 114 Å². The zero-order valence-electron chi connectivity index (χ0n) is 10.8. The Morgan fingerprint density at radius 2 is 2.10 bits per heavy atom. The van der Waals surface area contributed by atoms with E-state index in [0.29, 0.717) is 16.9 Å². The third-order valence-electron chi connectivity index (χ3n) is 3.34. The number of benzene rings is 1. The lowest BCUT2D eigenvalue weighted by molar-refractivity contribution is 0.100. The van der Waals surface area contributed by atoms with Crippen LogP contribution in [0.2, 0.25) is 0 Å². The number of fused-ring (bicyclic) bond motifs is 1. The first-order valence-corrected chi connectivity index (χ1v) is 6.07. The van der Waals surface area contributed by atoms with Gasteiger partial charge in [0.1, 0.15) is 0 Å². The molecule has 0 saturated heterocycles. The van der Waals surface area contributed by atoms with Crippen LogP contribution < -0.4 is 11.5 Å². The molecular weight excluding hydrogens is 254 g/mol. The summed E-state index contributed by atoms with van der Waals surface area (Å²) in [6, 6.07) is 5.32. The van der Waals surface area contributed by atoms with Gasteiger partial charge in [-0.1, -0.05) is 6.07 Å². The van der Waals surface area contributed by atoms with Crippen molar-refractivity contribution < 1.29 is 4.79 Å². The number of rotatable bonds is 2. The molecule has 1 aromatic carbocycles. The summed E-state index contributed by atoms with van der Waals surface area (Å²) in [6.45, 7) is 1.93. The van der Waals surface area contributed by atoms with Crippen molar-refractivity contribution >= 4 is 22.6 Å². The number of nitrogen functional groups attached to an aromatic ring is 1. The summed E-state index contributed by atoms with van der Waals surface area (Å²) in [4.78, 5) is 15.6. The summed E-state index contributed by atoms with van der Waals surface area (Å²) in [7, 11) is 0. The second-order valence-electron chi connectivity index (χ2n) is 4.57. The van der Waals surface area contributed by atoms with Crippen molar-refractivity contribution in [2.75, 3.05) is 5.73 Å². The largest absolute Gasteiger partial charge is 0.398 e. The Morgan fingerprint density at radius 1 is 1.30 bits per heavy atom. The molecule has 0 radical (unpaired) electrons. The molecule has 5 N–H and O–H groups in total. The number of nitrogens with two attached hydrogens (primary N) is 2. The predicted molar refractivity (Wildman–Crippen MR) is 77.0 cm³/mol. The second kappa shape index (κ2) is 4.34. The van der Waals surface area contributed by atoms with Crippen LogP contribution in [-0.4, -0.2) is 21.1 Å². The maximum Gasteiger partial charge on any atom is 0.250 e. The molecule has 0 bridgehead atoms. The molecule has 2 aromatic heterocycles. The highest BCUT2D eigenvalue weighted by atomic mass is 16.1. The first-order valence-electron chi connectivity index (χ1n) is 6.07. The van der Waals surface area contributed by atoms with Crippen molar-refractivity contribution in [1.82, 2.24) is 15.2 Å². The summed E-state index contributed by atoms with van der Waals surface area (Å²) in [5, 5.41) is 7.65. The minimum atomic E-state index is -0.541. The number of nitrogens with zero attached hydrogens (tertiary/aromatic N) is 2. The Morgan fingerprint density at radius 3 is 2.85 bits per heavy atom. The van der Waals surface area contributed by atoms with Gasteiger partial charge in [-0.25, -0.2) is 4.98 Å². The number of amides is 1. The molecular formula is C14H13N5O. The van der Waals surface area contributed by atoms with Gasteiger partial charge in [-0.3, -0.25) is 9.89 Å². The fourth-order valence-electron chi connectivity index (χ4n) is 2.37. The van der Waals surface area contributed by atoms with E-state index in [-0.39, 0.29) is 0 Å². The van der Waals surface area contributed by atoms with Crippen LogP contribution in [0.1, 0.15) is 15.9 Å². The van der Waals surface area contributed by atoms with Gasteiger partial charge in [-0.15, -0.1) is 0 Å². The molecule has 0 atom stereocenters. The third kappa shape index (κ3) is 1.70. The first-order chi connectivity index (χ1) is 9.59. The molecule has 100 valence electrons. The topological polar surface area (TPSA) is 111 Å². The van der Waals surface area contributed by atoms with Gasteiger partial charge in [0.2, 0.25) is 0 Å². The van der Waals surface area contributed by atoms with E-state index in [1.165, 1.54) is 0 Å². The fraction of sp³-hybridized carbons (Fsp3) is 0.0714. The van der Waals surface area contributed by atoms with E-state index in [9.17, 15) is 4.79 Å². The van der Waals surface area contributed by atoms with E-state index < -0.39 is 5.91 Å². The molecule has 0 spiro atoms. The lowest BCUT2D eigenvalue weighted by Gasteiger charge is -2.13. The minimum absolute atomic E-state index is 0.319. The van der Waals surface area contributed by atoms with Crippen LogP contribution in [0.25, 0.3) is 22.2 Å². The molecule has 2 heterocycles. The van der Waals surface area contributed by atoms with Gasteiger partial charge < -0.3 is 11.5 Å². The molecule has 0 fully saturated rings. The van der Waals surface area contributed by atoms with E-state index in [2.05, 4.69) is 15.2 Å². The van der Waals surface area contributed by atoms with Crippen molar-refractivity contribution in [2.45, 2.75) is 6.92 Å². The Balaban J connectivity index is 2.37. The number of hydrogen-bond donors (Lipinski definition) is 3. The quantitative estimate of drug-likeness (QED) is 0.612. The van der Waals surface area contributed by atoms with E-state index in [0.717, 1.165) is 22.1 Å². The van der Waals surface area contributed by atoms with Crippen LogP contribution in [0.4, 0.5) is 5.69 Å². The normalized spacial score (nSPS) is 10.8. The Hall–Kier alpha value is -2.89. The van der Waals surface area contributed by atoms with E-state index in [4.69, 9.17) is 11.5 Å². The van der Waals surface area contributed by atoms with E-state index in [1.54, 1.807) is 18.5 Å². The average molecular weight is 267 g/mol. The molecule has 0 saturated carbocycles. The zero-order valence-corrected chi connectivity index (χ0v) is 10.8. The number of pyridine rings is 1. The number of nitrogens with one attached hydrogen (secondary N) is 1. The number of aromatic nitrogens is 3. The molecule has 6 heteroatoms. The summed E-state index contributed by atoms with van der Waals surface area (Å²) < 4.78 is 0. The molecule has 6 nitrogen and oxygen atoms in total.